The topological polar surface area (TPSA) is 30.0 Å². The number of ketones is 1. The van der Waals surface area contributed by atoms with Crippen molar-refractivity contribution < 1.29 is 4.79 Å². The number of carbonyl (C=O) groups is 1. The molecule has 0 spiro atoms. The molecule has 19 heavy (non-hydrogen) atoms. The molecule has 0 radical (unpaired) electrons. The molecule has 0 bridgehead atoms. The maximum atomic E-state index is 12.0. The van der Waals surface area contributed by atoms with E-state index in [4.69, 9.17) is 0 Å². The van der Waals surface area contributed by atoms with E-state index in [0.717, 1.165) is 33.7 Å². The van der Waals surface area contributed by atoms with E-state index < -0.39 is 0 Å². The van der Waals surface area contributed by atoms with Crippen LogP contribution in [0.3, 0.4) is 0 Å². The summed E-state index contributed by atoms with van der Waals surface area (Å²) < 4.78 is 0. The van der Waals surface area contributed by atoms with Gasteiger partial charge in [-0.1, -0.05) is 41.6 Å². The third-order valence-electron chi connectivity index (χ3n) is 3.38. The van der Waals surface area contributed by atoms with Crippen LogP contribution in [0, 0.1) is 0 Å². The number of carbonyl (C=O) groups excluding carboxylic acids is 1. The van der Waals surface area contributed by atoms with E-state index in [-0.39, 0.29) is 5.78 Å². The van der Waals surface area contributed by atoms with Crippen molar-refractivity contribution in [2.45, 2.75) is 31.2 Å². The summed E-state index contributed by atoms with van der Waals surface area (Å²) >= 11 is 1.51. The van der Waals surface area contributed by atoms with Gasteiger partial charge in [0.2, 0.25) is 0 Å². The van der Waals surface area contributed by atoms with Crippen LogP contribution in [-0.4, -0.2) is 10.8 Å². The molecule has 0 N–H and O–H groups in total. The number of aromatic nitrogens is 1. The van der Waals surface area contributed by atoms with Gasteiger partial charge in [0.15, 0.2) is 5.78 Å². The maximum Gasteiger partial charge on any atom is 0.169 e. The molecule has 1 heterocycles. The summed E-state index contributed by atoms with van der Waals surface area (Å²) in [6.07, 6.45) is 2.69. The second-order valence-corrected chi connectivity index (χ2v) is 5.86. The van der Waals surface area contributed by atoms with Crippen LogP contribution in [0.5, 0.6) is 0 Å². The lowest BCUT2D eigenvalue weighted by molar-refractivity contribution is -0.115. The quantitative estimate of drug-likeness (QED) is 0.811. The van der Waals surface area contributed by atoms with E-state index in [1.165, 1.54) is 17.3 Å². The lowest BCUT2D eigenvalue weighted by atomic mass is 10.00. The van der Waals surface area contributed by atoms with Crippen LogP contribution in [0.25, 0.3) is 10.9 Å². The fraction of sp³-hybridized carbons (Fsp3) is 0.250. The third-order valence-corrected chi connectivity index (χ3v) is 4.59. The first-order valence-corrected chi connectivity index (χ1v) is 7.32. The third kappa shape index (κ3) is 2.56. The number of rotatable bonds is 2. The summed E-state index contributed by atoms with van der Waals surface area (Å²) in [4.78, 5) is 17.5. The van der Waals surface area contributed by atoms with Gasteiger partial charge in [0.05, 0.1) is 10.4 Å². The zero-order chi connectivity index (χ0) is 13.2. The van der Waals surface area contributed by atoms with E-state index in [9.17, 15) is 4.79 Å². The second kappa shape index (κ2) is 5.17. The van der Waals surface area contributed by atoms with Crippen LogP contribution < -0.4 is 0 Å². The van der Waals surface area contributed by atoms with Crippen molar-refractivity contribution >= 4 is 28.4 Å². The predicted octanol–water partition coefficient (Wildman–Crippen LogP) is 4.35. The molecule has 3 rings (SSSR count). The Morgan fingerprint density at radius 3 is 2.79 bits per heavy atom. The number of allylic oxidation sites excluding steroid dienone is 2. The molecule has 1 aromatic carbocycles. The minimum absolute atomic E-state index is 0.267. The van der Waals surface area contributed by atoms with Gasteiger partial charge in [-0.3, -0.25) is 4.79 Å². The number of fused-ring (bicyclic) bond motifs is 1. The van der Waals surface area contributed by atoms with E-state index in [1.54, 1.807) is 0 Å². The molecule has 1 aliphatic carbocycles. The summed E-state index contributed by atoms with van der Waals surface area (Å²) in [5, 5.41) is 2.04. The largest absolute Gasteiger partial charge is 0.294 e. The summed E-state index contributed by atoms with van der Waals surface area (Å²) in [7, 11) is 0. The van der Waals surface area contributed by atoms with Crippen molar-refractivity contribution in [1.82, 2.24) is 4.98 Å². The SMILES string of the molecule is CC1=C(Sc2ccc3ccccc3n2)C(=O)CCC1. The fourth-order valence-corrected chi connectivity index (χ4v) is 3.31. The van der Waals surface area contributed by atoms with Crippen LogP contribution in [0.15, 0.2) is 51.9 Å². The number of benzene rings is 1. The van der Waals surface area contributed by atoms with Crippen LogP contribution in [0.4, 0.5) is 0 Å². The normalized spacial score (nSPS) is 16.2. The molecule has 0 unspecified atom stereocenters. The zero-order valence-corrected chi connectivity index (χ0v) is 11.7. The first-order valence-electron chi connectivity index (χ1n) is 6.50. The minimum atomic E-state index is 0.267. The highest BCUT2D eigenvalue weighted by molar-refractivity contribution is 8.04. The molecule has 1 aromatic heterocycles. The van der Waals surface area contributed by atoms with Crippen LogP contribution in [0.1, 0.15) is 26.2 Å². The molecule has 0 aliphatic heterocycles. The number of para-hydroxylation sites is 1. The van der Waals surface area contributed by atoms with E-state index in [1.807, 2.05) is 30.3 Å². The highest BCUT2D eigenvalue weighted by Gasteiger charge is 2.19. The van der Waals surface area contributed by atoms with Gasteiger partial charge in [0.25, 0.3) is 0 Å². The highest BCUT2D eigenvalue weighted by atomic mass is 32.2. The van der Waals surface area contributed by atoms with Gasteiger partial charge < -0.3 is 0 Å². The van der Waals surface area contributed by atoms with Crippen LogP contribution in [0.2, 0.25) is 0 Å². The van der Waals surface area contributed by atoms with Crippen LogP contribution in [-0.2, 0) is 4.79 Å². The minimum Gasteiger partial charge on any atom is -0.294 e. The lowest BCUT2D eigenvalue weighted by Crippen LogP contribution is -2.08. The average Bonchev–Trinajstić information content (AvgIpc) is 2.43. The van der Waals surface area contributed by atoms with Crippen LogP contribution >= 0.6 is 11.8 Å². The first-order chi connectivity index (χ1) is 9.24. The number of nitrogens with zero attached hydrogens (tertiary/aromatic N) is 1. The van der Waals surface area contributed by atoms with Gasteiger partial charge in [-0.05, 0) is 31.9 Å². The predicted molar refractivity (Wildman–Crippen MR) is 79.2 cm³/mol. The van der Waals surface area contributed by atoms with Crippen molar-refractivity contribution in [1.29, 1.82) is 0 Å². The standard InChI is InChI=1S/C16H15NOS/c1-11-5-4-8-14(18)16(11)19-15-10-9-12-6-2-3-7-13(12)17-15/h2-3,6-7,9-10H,4-5,8H2,1H3. The number of thioether (sulfide) groups is 1. The van der Waals surface area contributed by atoms with Crippen molar-refractivity contribution in [2.75, 3.05) is 0 Å². The number of hydrogen-bond donors (Lipinski definition) is 0. The monoisotopic (exact) mass is 269 g/mol. The molecule has 1 aliphatic rings. The number of pyridine rings is 1. The number of Topliss-reactive ketones (excluding diaryl/α,β-unsaturated/α-hetero) is 1. The maximum absolute atomic E-state index is 12.0. The molecule has 0 fully saturated rings. The summed E-state index contributed by atoms with van der Waals surface area (Å²) in [5.74, 6) is 0.267. The second-order valence-electron chi connectivity index (χ2n) is 4.83. The van der Waals surface area contributed by atoms with E-state index in [0.29, 0.717) is 6.42 Å². The van der Waals surface area contributed by atoms with Gasteiger partial charge in [-0.25, -0.2) is 4.98 Å². The van der Waals surface area contributed by atoms with Gasteiger partial charge in [-0.2, -0.15) is 0 Å². The molecule has 0 saturated heterocycles. The van der Waals surface area contributed by atoms with E-state index in [2.05, 4.69) is 18.0 Å². The van der Waals surface area contributed by atoms with Crippen molar-refractivity contribution in [3.8, 4) is 0 Å². The molecular weight excluding hydrogens is 254 g/mol. The van der Waals surface area contributed by atoms with Gasteiger partial charge >= 0.3 is 0 Å². The molecule has 96 valence electrons. The summed E-state index contributed by atoms with van der Waals surface area (Å²) in [6, 6.07) is 12.1. The smallest absolute Gasteiger partial charge is 0.169 e. The Morgan fingerprint density at radius 2 is 1.95 bits per heavy atom. The molecule has 0 atom stereocenters. The molecule has 2 aromatic rings. The Kier molecular flexibility index (Phi) is 3.38. The average molecular weight is 269 g/mol. The molecule has 0 amide bonds. The summed E-state index contributed by atoms with van der Waals surface area (Å²) in [6.45, 7) is 2.06. The Morgan fingerprint density at radius 1 is 1.11 bits per heavy atom. The fourth-order valence-electron chi connectivity index (χ4n) is 2.33. The first kappa shape index (κ1) is 12.4. The van der Waals surface area contributed by atoms with Crippen molar-refractivity contribution in [3.63, 3.8) is 0 Å². The van der Waals surface area contributed by atoms with E-state index >= 15 is 0 Å². The van der Waals surface area contributed by atoms with Gasteiger partial charge in [0.1, 0.15) is 5.03 Å². The Hall–Kier alpha value is -1.61. The molecule has 2 nitrogen and oxygen atoms in total. The van der Waals surface area contributed by atoms with Crippen molar-refractivity contribution in [3.05, 3.63) is 46.9 Å². The Balaban J connectivity index is 1.95. The lowest BCUT2D eigenvalue weighted by Gasteiger charge is -2.15. The Bertz CT molecular complexity index is 675. The highest BCUT2D eigenvalue weighted by Crippen LogP contribution is 2.34. The van der Waals surface area contributed by atoms with Gasteiger partial charge in [0, 0.05) is 11.8 Å². The Labute approximate surface area is 116 Å². The van der Waals surface area contributed by atoms with Crippen molar-refractivity contribution in [2.24, 2.45) is 0 Å². The van der Waals surface area contributed by atoms with Gasteiger partial charge in [-0.15, -0.1) is 0 Å². The zero-order valence-electron chi connectivity index (χ0n) is 10.8. The molecule has 3 heteroatoms. The molecule has 0 saturated carbocycles. The number of hydrogen-bond acceptors (Lipinski definition) is 3. The summed E-state index contributed by atoms with van der Waals surface area (Å²) in [5.41, 5.74) is 2.19. The molecular formula is C16H15NOS.